The number of hydrogen-bond acceptors (Lipinski definition) is 6. The summed E-state index contributed by atoms with van der Waals surface area (Å²) in [5, 5.41) is 2.55. The monoisotopic (exact) mass is 347 g/mol. The van der Waals surface area contributed by atoms with Gasteiger partial charge in [-0.3, -0.25) is 14.4 Å². The quantitative estimate of drug-likeness (QED) is 0.750. The van der Waals surface area contributed by atoms with Crippen LogP contribution in [0.2, 0.25) is 0 Å². The summed E-state index contributed by atoms with van der Waals surface area (Å²) >= 11 is 0. The van der Waals surface area contributed by atoms with Crippen molar-refractivity contribution < 1.29 is 28.6 Å². The standard InChI is InChI=1S/C16H17N3O6/c20-14-6-17-16(22)11-7-18(3-4-19(11)14)15(21)8-23-10-1-2-12-13(5-10)25-9-24-12/h1-2,5,11H,3-4,6-9H2,(H,17,22)/t11-/m1/s1. The molecule has 1 atom stereocenters. The normalized spacial score (nSPS) is 21.7. The van der Waals surface area contributed by atoms with Crippen LogP contribution in [0.15, 0.2) is 18.2 Å². The molecule has 132 valence electrons. The Balaban J connectivity index is 1.35. The molecule has 0 aromatic heterocycles. The van der Waals surface area contributed by atoms with E-state index < -0.39 is 6.04 Å². The SMILES string of the molecule is O=C1NCC(=O)N2CCN(C(=O)COc3ccc4c(c3)OCO4)C[C@H]12. The number of nitrogens with zero attached hydrogens (tertiary/aromatic N) is 2. The van der Waals surface area contributed by atoms with Crippen molar-refractivity contribution in [2.24, 2.45) is 0 Å². The van der Waals surface area contributed by atoms with Gasteiger partial charge in [0.1, 0.15) is 11.8 Å². The van der Waals surface area contributed by atoms with Crippen molar-refractivity contribution in [1.82, 2.24) is 15.1 Å². The van der Waals surface area contributed by atoms with E-state index in [9.17, 15) is 14.4 Å². The van der Waals surface area contributed by atoms with Crippen molar-refractivity contribution in [3.63, 3.8) is 0 Å². The zero-order valence-electron chi connectivity index (χ0n) is 13.4. The van der Waals surface area contributed by atoms with Gasteiger partial charge >= 0.3 is 0 Å². The van der Waals surface area contributed by atoms with Crippen molar-refractivity contribution >= 4 is 17.7 Å². The molecule has 3 amide bonds. The molecule has 0 radical (unpaired) electrons. The predicted molar refractivity (Wildman–Crippen MR) is 83.2 cm³/mol. The second-order valence-corrected chi connectivity index (χ2v) is 5.96. The number of amides is 3. The van der Waals surface area contributed by atoms with Crippen LogP contribution in [0.1, 0.15) is 0 Å². The minimum Gasteiger partial charge on any atom is -0.484 e. The molecule has 2 saturated heterocycles. The van der Waals surface area contributed by atoms with Crippen LogP contribution in [0.4, 0.5) is 0 Å². The number of carbonyl (C=O) groups excluding carboxylic acids is 3. The summed E-state index contributed by atoms with van der Waals surface area (Å²) in [4.78, 5) is 39.2. The van der Waals surface area contributed by atoms with E-state index in [-0.39, 0.29) is 44.2 Å². The number of benzene rings is 1. The van der Waals surface area contributed by atoms with Gasteiger partial charge in [0.05, 0.1) is 13.1 Å². The predicted octanol–water partition coefficient (Wildman–Crippen LogP) is -1.04. The van der Waals surface area contributed by atoms with Gasteiger partial charge in [-0.15, -0.1) is 0 Å². The largest absolute Gasteiger partial charge is 0.484 e. The molecule has 0 unspecified atom stereocenters. The number of nitrogens with one attached hydrogen (secondary N) is 1. The van der Waals surface area contributed by atoms with Gasteiger partial charge < -0.3 is 29.3 Å². The van der Waals surface area contributed by atoms with Crippen molar-refractivity contribution in [3.8, 4) is 17.2 Å². The summed E-state index contributed by atoms with van der Waals surface area (Å²) < 4.78 is 16.0. The summed E-state index contributed by atoms with van der Waals surface area (Å²) in [6.45, 7) is 0.967. The Morgan fingerprint density at radius 1 is 1.24 bits per heavy atom. The smallest absolute Gasteiger partial charge is 0.260 e. The van der Waals surface area contributed by atoms with Crippen LogP contribution in [0.3, 0.4) is 0 Å². The molecule has 2 fully saturated rings. The summed E-state index contributed by atoms with van der Waals surface area (Å²) in [5.74, 6) is 1.14. The van der Waals surface area contributed by atoms with Crippen LogP contribution < -0.4 is 19.5 Å². The van der Waals surface area contributed by atoms with E-state index in [1.54, 1.807) is 23.1 Å². The molecule has 3 aliphatic rings. The topological polar surface area (TPSA) is 97.4 Å². The van der Waals surface area contributed by atoms with Crippen LogP contribution >= 0.6 is 0 Å². The highest BCUT2D eigenvalue weighted by Crippen LogP contribution is 2.35. The molecular formula is C16H17N3O6. The molecule has 1 aromatic rings. The van der Waals surface area contributed by atoms with Crippen LogP contribution in [0.5, 0.6) is 17.2 Å². The van der Waals surface area contributed by atoms with Gasteiger partial charge in [0.25, 0.3) is 5.91 Å². The molecule has 4 rings (SSSR count). The minimum atomic E-state index is -0.621. The molecule has 3 heterocycles. The molecule has 0 bridgehead atoms. The first-order valence-electron chi connectivity index (χ1n) is 7.99. The molecule has 3 aliphatic heterocycles. The Hall–Kier alpha value is -2.97. The summed E-state index contributed by atoms with van der Waals surface area (Å²) in [7, 11) is 0. The Kier molecular flexibility index (Phi) is 3.83. The molecule has 9 nitrogen and oxygen atoms in total. The molecular weight excluding hydrogens is 330 g/mol. The van der Waals surface area contributed by atoms with E-state index in [0.717, 1.165) is 0 Å². The van der Waals surface area contributed by atoms with Gasteiger partial charge in [-0.05, 0) is 12.1 Å². The lowest BCUT2D eigenvalue weighted by Crippen LogP contribution is -2.66. The zero-order valence-corrected chi connectivity index (χ0v) is 13.4. The maximum atomic E-state index is 12.4. The molecule has 25 heavy (non-hydrogen) atoms. The van der Waals surface area contributed by atoms with Gasteiger partial charge in [0.15, 0.2) is 18.1 Å². The Morgan fingerprint density at radius 3 is 2.96 bits per heavy atom. The van der Waals surface area contributed by atoms with Crippen molar-refractivity contribution in [1.29, 1.82) is 0 Å². The number of piperazine rings is 2. The van der Waals surface area contributed by atoms with E-state index >= 15 is 0 Å². The second kappa shape index (κ2) is 6.15. The Bertz CT molecular complexity index is 737. The molecule has 0 spiro atoms. The summed E-state index contributed by atoms with van der Waals surface area (Å²) in [6, 6.07) is 4.47. The van der Waals surface area contributed by atoms with Crippen LogP contribution in [-0.4, -0.2) is 73.1 Å². The Labute approximate surface area is 143 Å². The second-order valence-electron chi connectivity index (χ2n) is 5.96. The highest BCUT2D eigenvalue weighted by atomic mass is 16.7. The molecule has 1 aromatic carbocycles. The fourth-order valence-electron chi connectivity index (χ4n) is 3.12. The zero-order chi connectivity index (χ0) is 17.4. The third-order valence-electron chi connectivity index (χ3n) is 4.48. The van der Waals surface area contributed by atoms with Crippen molar-refractivity contribution in [2.75, 3.05) is 39.6 Å². The highest BCUT2D eigenvalue weighted by molar-refractivity contribution is 5.95. The minimum absolute atomic E-state index is 0.0243. The van der Waals surface area contributed by atoms with Crippen LogP contribution in [0.25, 0.3) is 0 Å². The van der Waals surface area contributed by atoms with E-state index in [2.05, 4.69) is 5.32 Å². The molecule has 9 heteroatoms. The van der Waals surface area contributed by atoms with Gasteiger partial charge in [-0.1, -0.05) is 0 Å². The summed E-state index contributed by atoms with van der Waals surface area (Å²) in [5.41, 5.74) is 0. The van der Waals surface area contributed by atoms with Gasteiger partial charge in [0, 0.05) is 19.2 Å². The fourth-order valence-corrected chi connectivity index (χ4v) is 3.12. The first-order chi connectivity index (χ1) is 12.1. The number of ether oxygens (including phenoxy) is 3. The summed E-state index contributed by atoms with van der Waals surface area (Å²) in [6.07, 6.45) is 0. The maximum Gasteiger partial charge on any atom is 0.260 e. The lowest BCUT2D eigenvalue weighted by atomic mass is 10.1. The van der Waals surface area contributed by atoms with Crippen molar-refractivity contribution in [3.05, 3.63) is 18.2 Å². The Morgan fingerprint density at radius 2 is 2.08 bits per heavy atom. The fraction of sp³-hybridized carbons (Fsp3) is 0.438. The van der Waals surface area contributed by atoms with E-state index in [4.69, 9.17) is 14.2 Å². The average Bonchev–Trinajstić information content (AvgIpc) is 3.10. The van der Waals surface area contributed by atoms with Crippen LogP contribution in [-0.2, 0) is 14.4 Å². The maximum absolute atomic E-state index is 12.4. The van der Waals surface area contributed by atoms with E-state index in [1.807, 2.05) is 0 Å². The molecule has 0 saturated carbocycles. The van der Waals surface area contributed by atoms with Gasteiger partial charge in [-0.2, -0.15) is 0 Å². The van der Waals surface area contributed by atoms with Gasteiger partial charge in [-0.25, -0.2) is 0 Å². The number of rotatable bonds is 3. The lowest BCUT2D eigenvalue weighted by Gasteiger charge is -2.42. The third kappa shape index (κ3) is 2.92. The van der Waals surface area contributed by atoms with E-state index in [1.165, 1.54) is 4.90 Å². The third-order valence-corrected chi connectivity index (χ3v) is 4.48. The molecule has 0 aliphatic carbocycles. The highest BCUT2D eigenvalue weighted by Gasteiger charge is 2.39. The number of hydrogen-bond donors (Lipinski definition) is 1. The molecule has 1 N–H and O–H groups in total. The lowest BCUT2D eigenvalue weighted by molar-refractivity contribution is -0.153. The van der Waals surface area contributed by atoms with Crippen molar-refractivity contribution in [2.45, 2.75) is 6.04 Å². The first-order valence-corrected chi connectivity index (χ1v) is 7.99. The first kappa shape index (κ1) is 15.6. The number of fused-ring (bicyclic) bond motifs is 2. The van der Waals surface area contributed by atoms with Crippen LogP contribution in [0, 0.1) is 0 Å². The van der Waals surface area contributed by atoms with E-state index in [0.29, 0.717) is 30.3 Å². The average molecular weight is 347 g/mol. The number of carbonyl (C=O) groups is 3. The van der Waals surface area contributed by atoms with Gasteiger partial charge in [0.2, 0.25) is 18.6 Å².